The lowest BCUT2D eigenvalue weighted by molar-refractivity contribution is 0.112. The predicted molar refractivity (Wildman–Crippen MR) is 74.6 cm³/mol. The van der Waals surface area contributed by atoms with E-state index in [-0.39, 0.29) is 11.3 Å². The van der Waals surface area contributed by atoms with Crippen LogP contribution in [0, 0.1) is 5.82 Å². The molecular weight excluding hydrogens is 259 g/mol. The van der Waals surface area contributed by atoms with Gasteiger partial charge in [0, 0.05) is 11.8 Å². The maximum absolute atomic E-state index is 13.4. The van der Waals surface area contributed by atoms with Crippen LogP contribution in [0.5, 0.6) is 5.75 Å². The van der Waals surface area contributed by atoms with Crippen molar-refractivity contribution in [2.24, 2.45) is 0 Å². The Kier molecular flexibility index (Phi) is 3.61. The molecule has 0 saturated heterocycles. The molecule has 0 atom stereocenters. The number of hydrogen-bond donors (Lipinski definition) is 0. The van der Waals surface area contributed by atoms with Gasteiger partial charge in [0.05, 0.1) is 18.2 Å². The summed E-state index contributed by atoms with van der Waals surface area (Å²) in [4.78, 5) is 11.2. The molecule has 2 aromatic rings. The maximum atomic E-state index is 13.4. The van der Waals surface area contributed by atoms with Crippen LogP contribution in [-0.2, 0) is 5.54 Å². The SMILES string of the molecule is COc1cc(-c2nn(C(C)(C)C)cc2C=O)ccc1F. The summed E-state index contributed by atoms with van der Waals surface area (Å²) in [5.41, 5.74) is 1.40. The third kappa shape index (κ3) is 2.57. The van der Waals surface area contributed by atoms with Crippen molar-refractivity contribution in [2.75, 3.05) is 7.11 Å². The number of carbonyl (C=O) groups excluding carboxylic acids is 1. The topological polar surface area (TPSA) is 44.1 Å². The van der Waals surface area contributed by atoms with Crippen molar-refractivity contribution >= 4 is 6.29 Å². The molecule has 0 fully saturated rings. The molecule has 1 aromatic carbocycles. The van der Waals surface area contributed by atoms with Crippen LogP contribution in [0.15, 0.2) is 24.4 Å². The summed E-state index contributed by atoms with van der Waals surface area (Å²) in [6, 6.07) is 4.43. The highest BCUT2D eigenvalue weighted by Gasteiger charge is 2.19. The van der Waals surface area contributed by atoms with E-state index in [9.17, 15) is 9.18 Å². The predicted octanol–water partition coefficient (Wildman–Crippen LogP) is 3.27. The minimum Gasteiger partial charge on any atom is -0.494 e. The van der Waals surface area contributed by atoms with Crippen LogP contribution in [0.3, 0.4) is 0 Å². The Morgan fingerprint density at radius 2 is 2.05 bits per heavy atom. The van der Waals surface area contributed by atoms with Crippen molar-refractivity contribution < 1.29 is 13.9 Å². The number of aldehydes is 1. The largest absolute Gasteiger partial charge is 0.494 e. The number of rotatable bonds is 3. The van der Waals surface area contributed by atoms with Crippen molar-refractivity contribution in [3.05, 3.63) is 35.8 Å². The lowest BCUT2D eigenvalue weighted by Gasteiger charge is -2.18. The van der Waals surface area contributed by atoms with Crippen molar-refractivity contribution in [1.29, 1.82) is 0 Å². The molecule has 0 aliphatic rings. The van der Waals surface area contributed by atoms with E-state index in [1.807, 2.05) is 20.8 Å². The highest BCUT2D eigenvalue weighted by Crippen LogP contribution is 2.28. The minimum atomic E-state index is -0.445. The van der Waals surface area contributed by atoms with Gasteiger partial charge in [0.25, 0.3) is 0 Å². The van der Waals surface area contributed by atoms with E-state index >= 15 is 0 Å². The Hall–Kier alpha value is -2.17. The number of benzene rings is 1. The molecule has 2 rings (SSSR count). The lowest BCUT2D eigenvalue weighted by atomic mass is 10.1. The minimum absolute atomic E-state index is 0.129. The van der Waals surface area contributed by atoms with Crippen LogP contribution < -0.4 is 4.74 Å². The van der Waals surface area contributed by atoms with Gasteiger partial charge in [-0.05, 0) is 39.0 Å². The van der Waals surface area contributed by atoms with Crippen LogP contribution in [0.2, 0.25) is 0 Å². The second-order valence-corrected chi connectivity index (χ2v) is 5.52. The molecule has 0 amide bonds. The Morgan fingerprint density at radius 3 is 2.60 bits per heavy atom. The van der Waals surface area contributed by atoms with Crippen molar-refractivity contribution in [1.82, 2.24) is 9.78 Å². The van der Waals surface area contributed by atoms with Crippen molar-refractivity contribution in [3.8, 4) is 17.0 Å². The molecule has 0 saturated carbocycles. The Balaban J connectivity index is 2.57. The van der Waals surface area contributed by atoms with Gasteiger partial charge in [-0.3, -0.25) is 9.48 Å². The lowest BCUT2D eigenvalue weighted by Crippen LogP contribution is -2.22. The Bertz CT molecular complexity index is 642. The van der Waals surface area contributed by atoms with E-state index in [4.69, 9.17) is 4.74 Å². The average molecular weight is 276 g/mol. The molecule has 0 aliphatic heterocycles. The highest BCUT2D eigenvalue weighted by molar-refractivity contribution is 5.85. The molecule has 0 N–H and O–H groups in total. The average Bonchev–Trinajstić information content (AvgIpc) is 2.83. The summed E-state index contributed by atoms with van der Waals surface area (Å²) in [5.74, 6) is -0.316. The van der Waals surface area contributed by atoms with E-state index in [0.29, 0.717) is 16.8 Å². The van der Waals surface area contributed by atoms with Gasteiger partial charge in [0.15, 0.2) is 17.9 Å². The molecular formula is C15H17FN2O2. The van der Waals surface area contributed by atoms with E-state index in [1.54, 1.807) is 16.9 Å². The molecule has 0 radical (unpaired) electrons. The first-order valence-electron chi connectivity index (χ1n) is 6.26. The number of ether oxygens (including phenoxy) is 1. The van der Waals surface area contributed by atoms with Crippen LogP contribution in [0.1, 0.15) is 31.1 Å². The number of methoxy groups -OCH3 is 1. The molecule has 0 spiro atoms. The number of hydrogen-bond acceptors (Lipinski definition) is 3. The molecule has 1 aromatic heterocycles. The molecule has 20 heavy (non-hydrogen) atoms. The van der Waals surface area contributed by atoms with Crippen LogP contribution in [0.25, 0.3) is 11.3 Å². The van der Waals surface area contributed by atoms with E-state index in [1.165, 1.54) is 19.2 Å². The quantitative estimate of drug-likeness (QED) is 0.808. The van der Waals surface area contributed by atoms with Gasteiger partial charge in [0.1, 0.15) is 5.69 Å². The highest BCUT2D eigenvalue weighted by atomic mass is 19.1. The monoisotopic (exact) mass is 276 g/mol. The zero-order valence-electron chi connectivity index (χ0n) is 12.0. The van der Waals surface area contributed by atoms with E-state index < -0.39 is 5.82 Å². The number of carbonyl (C=O) groups is 1. The van der Waals surface area contributed by atoms with Gasteiger partial charge >= 0.3 is 0 Å². The number of aromatic nitrogens is 2. The second-order valence-electron chi connectivity index (χ2n) is 5.52. The number of nitrogens with zero attached hydrogens (tertiary/aromatic N) is 2. The fraction of sp³-hybridized carbons (Fsp3) is 0.333. The van der Waals surface area contributed by atoms with Gasteiger partial charge in [-0.15, -0.1) is 0 Å². The van der Waals surface area contributed by atoms with Gasteiger partial charge < -0.3 is 4.74 Å². The fourth-order valence-electron chi connectivity index (χ4n) is 1.85. The van der Waals surface area contributed by atoms with Gasteiger partial charge in [0.2, 0.25) is 0 Å². The Morgan fingerprint density at radius 1 is 1.35 bits per heavy atom. The first-order chi connectivity index (χ1) is 9.36. The first-order valence-corrected chi connectivity index (χ1v) is 6.26. The van der Waals surface area contributed by atoms with Crippen LogP contribution in [0.4, 0.5) is 4.39 Å². The summed E-state index contributed by atoms with van der Waals surface area (Å²) in [7, 11) is 1.40. The summed E-state index contributed by atoms with van der Waals surface area (Å²) in [6.07, 6.45) is 2.44. The summed E-state index contributed by atoms with van der Waals surface area (Å²) in [6.45, 7) is 5.97. The summed E-state index contributed by atoms with van der Waals surface area (Å²) >= 11 is 0. The molecule has 0 aliphatic carbocycles. The van der Waals surface area contributed by atoms with Gasteiger partial charge in [-0.25, -0.2) is 4.39 Å². The van der Waals surface area contributed by atoms with Gasteiger partial charge in [-0.2, -0.15) is 5.10 Å². The molecule has 0 unspecified atom stereocenters. The molecule has 0 bridgehead atoms. The standard InChI is InChI=1S/C15H17FN2O2/c1-15(2,3)18-8-11(9-19)14(17-18)10-5-6-12(16)13(7-10)20-4/h5-9H,1-4H3. The van der Waals surface area contributed by atoms with Crippen molar-refractivity contribution in [2.45, 2.75) is 26.3 Å². The second kappa shape index (κ2) is 5.07. The smallest absolute Gasteiger partial charge is 0.165 e. The fourth-order valence-corrected chi connectivity index (χ4v) is 1.85. The van der Waals surface area contributed by atoms with Gasteiger partial charge in [-0.1, -0.05) is 0 Å². The Labute approximate surface area is 117 Å². The molecule has 1 heterocycles. The maximum Gasteiger partial charge on any atom is 0.165 e. The molecule has 5 heteroatoms. The van der Waals surface area contributed by atoms with Crippen LogP contribution in [-0.4, -0.2) is 23.2 Å². The summed E-state index contributed by atoms with van der Waals surface area (Å²) in [5, 5.41) is 4.44. The normalized spacial score (nSPS) is 11.4. The number of halogens is 1. The van der Waals surface area contributed by atoms with E-state index in [0.717, 1.165) is 6.29 Å². The van der Waals surface area contributed by atoms with E-state index in [2.05, 4.69) is 5.10 Å². The molecule has 4 nitrogen and oxygen atoms in total. The third-order valence-electron chi connectivity index (χ3n) is 2.98. The third-order valence-corrected chi connectivity index (χ3v) is 2.98. The summed E-state index contributed by atoms with van der Waals surface area (Å²) < 4.78 is 20.1. The first kappa shape index (κ1) is 14.2. The zero-order chi connectivity index (χ0) is 14.9. The van der Waals surface area contributed by atoms with Crippen molar-refractivity contribution in [3.63, 3.8) is 0 Å². The zero-order valence-corrected chi connectivity index (χ0v) is 12.0. The molecule has 106 valence electrons. The van der Waals surface area contributed by atoms with Crippen LogP contribution >= 0.6 is 0 Å².